The van der Waals surface area contributed by atoms with Crippen LogP contribution in [-0.4, -0.2) is 4.99 Å². The minimum absolute atomic E-state index is 0.751. The second-order valence-electron chi connectivity index (χ2n) is 4.85. The Hall–Kier alpha value is -2.19. The smallest absolute Gasteiger partial charge is 0.111 e. The number of fused-ring (bicyclic) bond motifs is 1. The number of aryl methyl sites for hydroxylation is 1. The maximum absolute atomic E-state index is 5.50. The van der Waals surface area contributed by atoms with E-state index in [-0.39, 0.29) is 0 Å². The summed E-state index contributed by atoms with van der Waals surface area (Å²) in [6.45, 7) is 2.07. The molecule has 0 bridgehead atoms. The Kier molecular flexibility index (Phi) is 3.48. The molecule has 2 heteroatoms. The van der Waals surface area contributed by atoms with E-state index in [1.165, 1.54) is 16.3 Å². The van der Waals surface area contributed by atoms with Crippen LogP contribution in [-0.2, 0) is 0 Å². The fourth-order valence-electron chi connectivity index (χ4n) is 2.23. The summed E-state index contributed by atoms with van der Waals surface area (Å²) in [6, 6.07) is 22.8. The molecule has 3 rings (SSSR count). The van der Waals surface area contributed by atoms with Gasteiger partial charge in [0.05, 0.1) is 0 Å². The number of anilines is 1. The molecular weight excluding hydrogens is 262 g/mol. The van der Waals surface area contributed by atoms with E-state index < -0.39 is 0 Å². The van der Waals surface area contributed by atoms with Crippen molar-refractivity contribution >= 4 is 33.7 Å². The van der Waals surface area contributed by atoms with Gasteiger partial charge in [0.25, 0.3) is 0 Å². The topological polar surface area (TPSA) is 12.0 Å². The molecule has 0 fully saturated rings. The van der Waals surface area contributed by atoms with E-state index in [1.807, 2.05) is 18.2 Å². The molecule has 0 aliphatic rings. The predicted molar refractivity (Wildman–Crippen MR) is 90.4 cm³/mol. The molecule has 0 radical (unpaired) electrons. The van der Waals surface area contributed by atoms with Crippen molar-refractivity contribution in [2.24, 2.45) is 0 Å². The molecule has 0 aromatic heterocycles. The van der Waals surface area contributed by atoms with Crippen molar-refractivity contribution in [3.8, 4) is 0 Å². The lowest BCUT2D eigenvalue weighted by Crippen LogP contribution is -2.10. The van der Waals surface area contributed by atoms with E-state index in [0.717, 1.165) is 16.2 Å². The van der Waals surface area contributed by atoms with Crippen LogP contribution >= 0.6 is 12.2 Å². The van der Waals surface area contributed by atoms with Crippen LogP contribution in [0.15, 0.2) is 66.7 Å². The number of benzene rings is 3. The zero-order valence-electron chi connectivity index (χ0n) is 11.3. The highest BCUT2D eigenvalue weighted by molar-refractivity contribution is 7.81. The van der Waals surface area contributed by atoms with Gasteiger partial charge in [-0.2, -0.15) is 0 Å². The van der Waals surface area contributed by atoms with E-state index in [2.05, 4.69) is 60.8 Å². The minimum Gasteiger partial charge on any atom is -0.346 e. The average molecular weight is 277 g/mol. The third-order valence-electron chi connectivity index (χ3n) is 3.35. The monoisotopic (exact) mass is 277 g/mol. The zero-order chi connectivity index (χ0) is 13.9. The van der Waals surface area contributed by atoms with E-state index in [4.69, 9.17) is 12.2 Å². The lowest BCUT2D eigenvalue weighted by atomic mass is 10.1. The van der Waals surface area contributed by atoms with Gasteiger partial charge in [0, 0.05) is 16.6 Å². The number of hydrogen-bond donors (Lipinski definition) is 1. The first-order valence-electron chi connectivity index (χ1n) is 6.60. The fraction of sp³-hybridized carbons (Fsp3) is 0.0556. The molecule has 0 amide bonds. The number of thiocarbonyl (C=S) groups is 1. The van der Waals surface area contributed by atoms with Crippen molar-refractivity contribution in [3.63, 3.8) is 0 Å². The van der Waals surface area contributed by atoms with E-state index in [0.29, 0.717) is 0 Å². The van der Waals surface area contributed by atoms with E-state index in [1.54, 1.807) is 0 Å². The van der Waals surface area contributed by atoms with Gasteiger partial charge in [-0.1, -0.05) is 78.4 Å². The molecule has 3 aromatic rings. The molecule has 20 heavy (non-hydrogen) atoms. The summed E-state index contributed by atoms with van der Waals surface area (Å²) in [6.07, 6.45) is 0. The van der Waals surface area contributed by atoms with Gasteiger partial charge < -0.3 is 5.32 Å². The summed E-state index contributed by atoms with van der Waals surface area (Å²) in [5, 5.41) is 5.75. The van der Waals surface area contributed by atoms with Gasteiger partial charge >= 0.3 is 0 Å². The fourth-order valence-corrected chi connectivity index (χ4v) is 2.48. The van der Waals surface area contributed by atoms with Crippen molar-refractivity contribution in [1.29, 1.82) is 0 Å². The van der Waals surface area contributed by atoms with Crippen molar-refractivity contribution in [3.05, 3.63) is 77.9 Å². The van der Waals surface area contributed by atoms with E-state index >= 15 is 0 Å². The molecular formula is C18H15NS. The third-order valence-corrected chi connectivity index (χ3v) is 3.69. The highest BCUT2D eigenvalue weighted by atomic mass is 32.1. The van der Waals surface area contributed by atoms with Crippen molar-refractivity contribution in [1.82, 2.24) is 0 Å². The Labute approximate surface area is 124 Å². The summed E-state index contributed by atoms with van der Waals surface area (Å²) in [7, 11) is 0. The molecule has 0 aliphatic carbocycles. The van der Waals surface area contributed by atoms with Gasteiger partial charge in [-0.25, -0.2) is 0 Å². The first-order valence-corrected chi connectivity index (χ1v) is 7.01. The Bertz CT molecular complexity index is 754. The molecule has 1 N–H and O–H groups in total. The second kappa shape index (κ2) is 5.43. The molecule has 0 heterocycles. The first-order chi connectivity index (χ1) is 9.74. The maximum Gasteiger partial charge on any atom is 0.111 e. The van der Waals surface area contributed by atoms with Crippen LogP contribution < -0.4 is 5.32 Å². The van der Waals surface area contributed by atoms with Gasteiger partial charge in [0.15, 0.2) is 0 Å². The van der Waals surface area contributed by atoms with Crippen molar-refractivity contribution < 1.29 is 0 Å². The second-order valence-corrected chi connectivity index (χ2v) is 5.26. The standard InChI is InChI=1S/C18H15NS/c1-13-9-11-15(12-10-13)18(20)19-17-8-4-6-14-5-2-3-7-16(14)17/h2-12H,1H3,(H,19,20). The summed E-state index contributed by atoms with van der Waals surface area (Å²) < 4.78 is 0. The molecule has 0 spiro atoms. The van der Waals surface area contributed by atoms with Crippen LogP contribution in [0.5, 0.6) is 0 Å². The van der Waals surface area contributed by atoms with Crippen LogP contribution in [0.1, 0.15) is 11.1 Å². The summed E-state index contributed by atoms with van der Waals surface area (Å²) in [5.74, 6) is 0. The van der Waals surface area contributed by atoms with Gasteiger partial charge in [-0.15, -0.1) is 0 Å². The third kappa shape index (κ3) is 2.56. The molecule has 0 saturated heterocycles. The van der Waals surface area contributed by atoms with Gasteiger partial charge in [-0.05, 0) is 18.4 Å². The van der Waals surface area contributed by atoms with Crippen molar-refractivity contribution in [2.45, 2.75) is 6.92 Å². The van der Waals surface area contributed by atoms with Gasteiger partial charge in [0.1, 0.15) is 4.99 Å². The molecule has 0 atom stereocenters. The number of nitrogens with one attached hydrogen (secondary N) is 1. The van der Waals surface area contributed by atoms with Crippen LogP contribution in [0.4, 0.5) is 5.69 Å². The van der Waals surface area contributed by atoms with Crippen LogP contribution in [0.25, 0.3) is 10.8 Å². The Morgan fingerprint density at radius 3 is 2.35 bits per heavy atom. The lowest BCUT2D eigenvalue weighted by Gasteiger charge is -2.11. The SMILES string of the molecule is Cc1ccc(C(=S)Nc2cccc3ccccc23)cc1. The van der Waals surface area contributed by atoms with E-state index in [9.17, 15) is 0 Å². The predicted octanol–water partition coefficient (Wildman–Crippen LogP) is 4.94. The van der Waals surface area contributed by atoms with Crippen molar-refractivity contribution in [2.75, 3.05) is 5.32 Å². The zero-order valence-corrected chi connectivity index (χ0v) is 12.1. The molecule has 0 aliphatic heterocycles. The molecule has 0 unspecified atom stereocenters. The number of rotatable bonds is 2. The maximum atomic E-state index is 5.50. The first kappa shape index (κ1) is 12.8. The highest BCUT2D eigenvalue weighted by Gasteiger charge is 2.04. The van der Waals surface area contributed by atoms with Crippen LogP contribution in [0.3, 0.4) is 0 Å². The largest absolute Gasteiger partial charge is 0.346 e. The van der Waals surface area contributed by atoms with Gasteiger partial charge in [0.2, 0.25) is 0 Å². The quantitative estimate of drug-likeness (QED) is 0.666. The number of hydrogen-bond acceptors (Lipinski definition) is 1. The molecule has 98 valence electrons. The van der Waals surface area contributed by atoms with Crippen LogP contribution in [0.2, 0.25) is 0 Å². The molecule has 0 saturated carbocycles. The van der Waals surface area contributed by atoms with Crippen LogP contribution in [0, 0.1) is 6.92 Å². The Balaban J connectivity index is 1.93. The Morgan fingerprint density at radius 1 is 0.850 bits per heavy atom. The Morgan fingerprint density at radius 2 is 1.55 bits per heavy atom. The summed E-state index contributed by atoms with van der Waals surface area (Å²) in [4.78, 5) is 0.751. The molecule has 3 aromatic carbocycles. The lowest BCUT2D eigenvalue weighted by molar-refractivity contribution is 1.46. The van der Waals surface area contributed by atoms with Gasteiger partial charge in [-0.3, -0.25) is 0 Å². The highest BCUT2D eigenvalue weighted by Crippen LogP contribution is 2.23. The normalized spacial score (nSPS) is 10.4. The minimum atomic E-state index is 0.751. The molecule has 1 nitrogen and oxygen atoms in total. The average Bonchev–Trinajstić information content (AvgIpc) is 2.48. The summed E-state index contributed by atoms with van der Waals surface area (Å²) >= 11 is 5.50. The summed E-state index contributed by atoms with van der Waals surface area (Å²) in [5.41, 5.74) is 3.33.